The van der Waals surface area contributed by atoms with Crippen molar-refractivity contribution >= 4 is 5.69 Å². The number of aromatic nitrogens is 2. The van der Waals surface area contributed by atoms with Gasteiger partial charge in [0.25, 0.3) is 0 Å². The van der Waals surface area contributed by atoms with Crippen LogP contribution in [0.4, 0.5) is 10.1 Å². The molecular formula is C21H23FN4. The first kappa shape index (κ1) is 16.8. The van der Waals surface area contributed by atoms with Gasteiger partial charge in [-0.25, -0.2) is 4.39 Å². The molecule has 0 aliphatic carbocycles. The predicted molar refractivity (Wildman–Crippen MR) is 104 cm³/mol. The highest BCUT2D eigenvalue weighted by Crippen LogP contribution is 2.29. The van der Waals surface area contributed by atoms with Crippen molar-refractivity contribution < 1.29 is 4.39 Å². The van der Waals surface area contributed by atoms with Crippen LogP contribution in [0.1, 0.15) is 5.56 Å². The molecule has 1 aliphatic heterocycles. The molecule has 0 saturated carbocycles. The van der Waals surface area contributed by atoms with Gasteiger partial charge in [0.2, 0.25) is 0 Å². The average molecular weight is 350 g/mol. The Morgan fingerprint density at radius 1 is 1.00 bits per heavy atom. The number of rotatable bonds is 3. The molecule has 1 aliphatic rings. The highest BCUT2D eigenvalue weighted by molar-refractivity contribution is 5.71. The SMILES string of the molecule is Cc1cccc(F)c1-c1cc(-c2ccc(N3CCN(C)CC3)cc2)n[nH]1. The van der Waals surface area contributed by atoms with Crippen LogP contribution in [0.5, 0.6) is 0 Å². The number of likely N-dealkylation sites (N-methyl/N-ethyl adjacent to an activating group) is 1. The number of hydrogen-bond donors (Lipinski definition) is 1. The van der Waals surface area contributed by atoms with Crippen LogP contribution in [0.15, 0.2) is 48.5 Å². The monoisotopic (exact) mass is 350 g/mol. The van der Waals surface area contributed by atoms with Gasteiger partial charge in [-0.2, -0.15) is 5.10 Å². The topological polar surface area (TPSA) is 35.2 Å². The molecule has 0 unspecified atom stereocenters. The smallest absolute Gasteiger partial charge is 0.132 e. The fourth-order valence-electron chi connectivity index (χ4n) is 3.48. The van der Waals surface area contributed by atoms with Gasteiger partial charge in [0, 0.05) is 43.0 Å². The maximum absolute atomic E-state index is 14.2. The lowest BCUT2D eigenvalue weighted by atomic mass is 10.0. The van der Waals surface area contributed by atoms with Crippen LogP contribution >= 0.6 is 0 Å². The molecule has 1 aromatic heterocycles. The number of H-pyrrole nitrogens is 1. The number of benzene rings is 2. The highest BCUT2D eigenvalue weighted by atomic mass is 19.1. The largest absolute Gasteiger partial charge is 0.369 e. The molecule has 1 N–H and O–H groups in total. The van der Waals surface area contributed by atoms with Crippen LogP contribution in [-0.4, -0.2) is 48.3 Å². The zero-order valence-corrected chi connectivity index (χ0v) is 15.2. The van der Waals surface area contributed by atoms with Gasteiger partial charge in [-0.1, -0.05) is 24.3 Å². The van der Waals surface area contributed by atoms with E-state index < -0.39 is 0 Å². The van der Waals surface area contributed by atoms with Gasteiger partial charge in [0.05, 0.1) is 11.4 Å². The molecule has 0 spiro atoms. The Morgan fingerprint density at radius 3 is 2.42 bits per heavy atom. The third-order valence-corrected chi connectivity index (χ3v) is 5.10. The lowest BCUT2D eigenvalue weighted by Crippen LogP contribution is -2.44. The molecule has 26 heavy (non-hydrogen) atoms. The Kier molecular flexibility index (Phi) is 4.47. The number of aryl methyl sites for hydroxylation is 1. The van der Waals surface area contributed by atoms with Crippen molar-refractivity contribution in [1.29, 1.82) is 0 Å². The number of hydrogen-bond acceptors (Lipinski definition) is 3. The fourth-order valence-corrected chi connectivity index (χ4v) is 3.48. The van der Waals surface area contributed by atoms with Gasteiger partial charge < -0.3 is 9.80 Å². The minimum Gasteiger partial charge on any atom is -0.369 e. The first-order chi connectivity index (χ1) is 12.6. The molecule has 0 amide bonds. The molecule has 4 nitrogen and oxygen atoms in total. The molecule has 0 radical (unpaired) electrons. The van der Waals surface area contributed by atoms with Crippen molar-refractivity contribution in [3.05, 3.63) is 59.9 Å². The second-order valence-electron chi connectivity index (χ2n) is 6.94. The molecule has 4 rings (SSSR count). The second kappa shape index (κ2) is 6.92. The van der Waals surface area contributed by atoms with E-state index in [0.717, 1.165) is 43.0 Å². The van der Waals surface area contributed by atoms with E-state index in [0.29, 0.717) is 11.3 Å². The van der Waals surface area contributed by atoms with Crippen molar-refractivity contribution in [2.75, 3.05) is 38.1 Å². The molecule has 2 aromatic carbocycles. The fraction of sp³-hybridized carbons (Fsp3) is 0.286. The predicted octanol–water partition coefficient (Wildman–Crippen LogP) is 3.94. The van der Waals surface area contributed by atoms with E-state index >= 15 is 0 Å². The third kappa shape index (κ3) is 3.22. The Bertz CT molecular complexity index is 872. The van der Waals surface area contributed by atoms with Crippen LogP contribution in [0.3, 0.4) is 0 Å². The van der Waals surface area contributed by atoms with Crippen LogP contribution in [0, 0.1) is 12.7 Å². The molecule has 3 aromatic rings. The summed E-state index contributed by atoms with van der Waals surface area (Å²) in [6, 6.07) is 15.5. The van der Waals surface area contributed by atoms with Gasteiger partial charge in [0.1, 0.15) is 5.82 Å². The van der Waals surface area contributed by atoms with E-state index in [-0.39, 0.29) is 5.82 Å². The first-order valence-corrected chi connectivity index (χ1v) is 8.96. The number of halogens is 1. The van der Waals surface area contributed by atoms with Gasteiger partial charge >= 0.3 is 0 Å². The molecular weight excluding hydrogens is 327 g/mol. The number of aromatic amines is 1. The van der Waals surface area contributed by atoms with Crippen LogP contribution in [0.2, 0.25) is 0 Å². The zero-order valence-electron chi connectivity index (χ0n) is 15.2. The molecule has 0 atom stereocenters. The Morgan fingerprint density at radius 2 is 1.73 bits per heavy atom. The maximum atomic E-state index is 14.2. The maximum Gasteiger partial charge on any atom is 0.132 e. The van der Waals surface area contributed by atoms with Gasteiger partial charge in [-0.3, -0.25) is 5.10 Å². The van der Waals surface area contributed by atoms with E-state index in [1.165, 1.54) is 11.8 Å². The molecule has 134 valence electrons. The normalized spacial score (nSPS) is 15.4. The lowest BCUT2D eigenvalue weighted by molar-refractivity contribution is 0.313. The van der Waals surface area contributed by atoms with E-state index in [2.05, 4.69) is 51.3 Å². The lowest BCUT2D eigenvalue weighted by Gasteiger charge is -2.34. The van der Waals surface area contributed by atoms with Crippen LogP contribution in [0.25, 0.3) is 22.5 Å². The summed E-state index contributed by atoms with van der Waals surface area (Å²) in [7, 11) is 2.16. The summed E-state index contributed by atoms with van der Waals surface area (Å²) in [5, 5.41) is 7.36. The van der Waals surface area contributed by atoms with Crippen molar-refractivity contribution in [2.24, 2.45) is 0 Å². The molecule has 2 heterocycles. The Labute approximate surface area is 153 Å². The zero-order chi connectivity index (χ0) is 18.1. The highest BCUT2D eigenvalue weighted by Gasteiger charge is 2.15. The quantitative estimate of drug-likeness (QED) is 0.777. The van der Waals surface area contributed by atoms with E-state index in [1.54, 1.807) is 6.07 Å². The second-order valence-corrected chi connectivity index (χ2v) is 6.94. The Balaban J connectivity index is 1.56. The summed E-state index contributed by atoms with van der Waals surface area (Å²) in [4.78, 5) is 4.75. The molecule has 0 bridgehead atoms. The van der Waals surface area contributed by atoms with Crippen molar-refractivity contribution in [3.8, 4) is 22.5 Å². The minimum atomic E-state index is -0.231. The number of piperazine rings is 1. The van der Waals surface area contributed by atoms with Gasteiger partial charge in [-0.15, -0.1) is 0 Å². The summed E-state index contributed by atoms with van der Waals surface area (Å²) in [6.07, 6.45) is 0. The van der Waals surface area contributed by atoms with Crippen molar-refractivity contribution in [3.63, 3.8) is 0 Å². The summed E-state index contributed by atoms with van der Waals surface area (Å²) >= 11 is 0. The van der Waals surface area contributed by atoms with Crippen molar-refractivity contribution in [1.82, 2.24) is 15.1 Å². The molecule has 5 heteroatoms. The van der Waals surface area contributed by atoms with E-state index in [4.69, 9.17) is 0 Å². The number of nitrogens with one attached hydrogen (secondary N) is 1. The number of nitrogens with zero attached hydrogens (tertiary/aromatic N) is 3. The van der Waals surface area contributed by atoms with Crippen LogP contribution in [-0.2, 0) is 0 Å². The van der Waals surface area contributed by atoms with Crippen LogP contribution < -0.4 is 4.90 Å². The average Bonchev–Trinajstić information content (AvgIpc) is 3.12. The molecule has 1 saturated heterocycles. The first-order valence-electron chi connectivity index (χ1n) is 8.96. The summed E-state index contributed by atoms with van der Waals surface area (Å²) < 4.78 is 14.2. The summed E-state index contributed by atoms with van der Waals surface area (Å²) in [5.41, 5.74) is 5.28. The van der Waals surface area contributed by atoms with Crippen molar-refractivity contribution in [2.45, 2.75) is 6.92 Å². The third-order valence-electron chi connectivity index (χ3n) is 5.10. The standard InChI is InChI=1S/C21H23FN4/c1-15-4-3-5-18(22)21(15)20-14-19(23-24-20)16-6-8-17(9-7-16)26-12-10-25(2)11-13-26/h3-9,14H,10-13H2,1-2H3,(H,23,24). The van der Waals surface area contributed by atoms with E-state index in [9.17, 15) is 4.39 Å². The Hall–Kier alpha value is -2.66. The molecule has 1 fully saturated rings. The van der Waals surface area contributed by atoms with Gasteiger partial charge in [-0.05, 0) is 43.8 Å². The van der Waals surface area contributed by atoms with E-state index in [1.807, 2.05) is 19.1 Å². The minimum absolute atomic E-state index is 0.231. The summed E-state index contributed by atoms with van der Waals surface area (Å²) in [6.45, 7) is 6.19. The summed E-state index contributed by atoms with van der Waals surface area (Å²) in [5.74, 6) is -0.231. The van der Waals surface area contributed by atoms with Gasteiger partial charge in [0.15, 0.2) is 0 Å². The number of anilines is 1.